The topological polar surface area (TPSA) is 12.4 Å². The number of aliphatic imine (C=N–C) groups is 1. The summed E-state index contributed by atoms with van der Waals surface area (Å²) in [6.07, 6.45) is 1.91. The molecule has 0 fully saturated rings. The molecule has 0 aliphatic carbocycles. The third kappa shape index (κ3) is 2.53. The first kappa shape index (κ1) is 9.66. The van der Waals surface area contributed by atoms with Gasteiger partial charge in [0.1, 0.15) is 0 Å². The van der Waals surface area contributed by atoms with Gasteiger partial charge in [0.25, 0.3) is 0 Å². The van der Waals surface area contributed by atoms with E-state index in [9.17, 15) is 0 Å². The molecule has 0 atom stereocenters. The van der Waals surface area contributed by atoms with Crippen molar-refractivity contribution in [3.63, 3.8) is 0 Å². The van der Waals surface area contributed by atoms with Gasteiger partial charge in [0.15, 0.2) is 0 Å². The van der Waals surface area contributed by atoms with Gasteiger partial charge in [-0.1, -0.05) is 42.5 Å². The Morgan fingerprint density at radius 2 is 1.53 bits per heavy atom. The monoisotopic (exact) mass is 195 g/mol. The molecule has 0 spiro atoms. The molecule has 0 aromatic heterocycles. The molecule has 74 valence electrons. The number of aryl methyl sites for hydroxylation is 1. The van der Waals surface area contributed by atoms with Crippen LogP contribution in [0.5, 0.6) is 0 Å². The molecule has 0 amide bonds. The highest BCUT2D eigenvalue weighted by Crippen LogP contribution is 2.11. The Hall–Kier alpha value is -1.89. The molecule has 0 bridgehead atoms. The Kier molecular flexibility index (Phi) is 2.93. The maximum absolute atomic E-state index is 4.41. The lowest BCUT2D eigenvalue weighted by atomic mass is 10.1. The molecular formula is C14H13N. The van der Waals surface area contributed by atoms with Crippen LogP contribution >= 0.6 is 0 Å². The number of para-hydroxylation sites is 1. The van der Waals surface area contributed by atoms with E-state index in [2.05, 4.69) is 24.0 Å². The van der Waals surface area contributed by atoms with Crippen LogP contribution in [0.15, 0.2) is 59.6 Å². The zero-order valence-corrected chi connectivity index (χ0v) is 8.72. The van der Waals surface area contributed by atoms with E-state index in [0.717, 1.165) is 5.69 Å². The standard InChI is InChI=1S/C14H13N/c1-12-7-5-6-8-13(12)11-15-14-9-3-2-4-10-14/h2-11H,1H3. The van der Waals surface area contributed by atoms with E-state index in [-0.39, 0.29) is 0 Å². The van der Waals surface area contributed by atoms with Crippen molar-refractivity contribution in [2.24, 2.45) is 4.99 Å². The predicted octanol–water partition coefficient (Wildman–Crippen LogP) is 3.75. The van der Waals surface area contributed by atoms with Crippen molar-refractivity contribution < 1.29 is 0 Å². The zero-order chi connectivity index (χ0) is 10.5. The van der Waals surface area contributed by atoms with Gasteiger partial charge in [-0.25, -0.2) is 0 Å². The Morgan fingerprint density at radius 3 is 2.27 bits per heavy atom. The molecule has 2 rings (SSSR count). The molecule has 15 heavy (non-hydrogen) atoms. The highest BCUT2D eigenvalue weighted by molar-refractivity contribution is 5.83. The van der Waals surface area contributed by atoms with Crippen LogP contribution in [0.1, 0.15) is 11.1 Å². The van der Waals surface area contributed by atoms with Crippen molar-refractivity contribution >= 4 is 11.9 Å². The lowest BCUT2D eigenvalue weighted by Crippen LogP contribution is -1.84. The Labute approximate surface area is 90.1 Å². The smallest absolute Gasteiger partial charge is 0.0629 e. The Balaban J connectivity index is 2.23. The number of benzene rings is 2. The molecule has 2 aromatic carbocycles. The molecule has 0 aliphatic heterocycles. The summed E-state index contributed by atoms with van der Waals surface area (Å²) in [6, 6.07) is 18.2. The van der Waals surface area contributed by atoms with Gasteiger partial charge in [-0.3, -0.25) is 4.99 Å². The fourth-order valence-corrected chi connectivity index (χ4v) is 1.39. The molecule has 0 aliphatic rings. The number of hydrogen-bond acceptors (Lipinski definition) is 1. The van der Waals surface area contributed by atoms with Crippen molar-refractivity contribution in [3.8, 4) is 0 Å². The molecule has 1 heteroatoms. The lowest BCUT2D eigenvalue weighted by molar-refractivity contribution is 1.44. The quantitative estimate of drug-likeness (QED) is 0.647. The van der Waals surface area contributed by atoms with Crippen LogP contribution in [0.2, 0.25) is 0 Å². The van der Waals surface area contributed by atoms with Gasteiger partial charge in [0, 0.05) is 6.21 Å². The fraction of sp³-hybridized carbons (Fsp3) is 0.0714. The molecule has 2 aromatic rings. The van der Waals surface area contributed by atoms with Crippen LogP contribution < -0.4 is 0 Å². The summed E-state index contributed by atoms with van der Waals surface area (Å²) in [4.78, 5) is 4.41. The summed E-state index contributed by atoms with van der Waals surface area (Å²) >= 11 is 0. The largest absolute Gasteiger partial charge is 0.256 e. The summed E-state index contributed by atoms with van der Waals surface area (Å²) in [5.74, 6) is 0. The normalized spacial score (nSPS) is 10.7. The summed E-state index contributed by atoms with van der Waals surface area (Å²) in [5.41, 5.74) is 3.40. The van der Waals surface area contributed by atoms with Gasteiger partial charge >= 0.3 is 0 Å². The predicted molar refractivity (Wildman–Crippen MR) is 64.9 cm³/mol. The summed E-state index contributed by atoms with van der Waals surface area (Å²) in [7, 11) is 0. The summed E-state index contributed by atoms with van der Waals surface area (Å²) in [5, 5.41) is 0. The maximum Gasteiger partial charge on any atom is 0.0629 e. The van der Waals surface area contributed by atoms with Crippen molar-refractivity contribution in [2.45, 2.75) is 6.92 Å². The average molecular weight is 195 g/mol. The van der Waals surface area contributed by atoms with Crippen LogP contribution in [0.4, 0.5) is 5.69 Å². The SMILES string of the molecule is Cc1ccccc1C=Nc1ccccc1. The van der Waals surface area contributed by atoms with Crippen LogP contribution in [0, 0.1) is 6.92 Å². The first-order valence-corrected chi connectivity index (χ1v) is 5.01. The summed E-state index contributed by atoms with van der Waals surface area (Å²) in [6.45, 7) is 2.09. The van der Waals surface area contributed by atoms with Gasteiger partial charge in [-0.15, -0.1) is 0 Å². The van der Waals surface area contributed by atoms with Gasteiger partial charge in [0.2, 0.25) is 0 Å². The molecule has 0 unspecified atom stereocenters. The molecule has 0 saturated heterocycles. The molecule has 0 N–H and O–H groups in total. The van der Waals surface area contributed by atoms with E-state index >= 15 is 0 Å². The zero-order valence-electron chi connectivity index (χ0n) is 8.72. The number of rotatable bonds is 2. The second-order valence-corrected chi connectivity index (χ2v) is 3.45. The van der Waals surface area contributed by atoms with Gasteiger partial charge < -0.3 is 0 Å². The van der Waals surface area contributed by atoms with E-state index in [1.807, 2.05) is 48.7 Å². The minimum absolute atomic E-state index is 0.987. The fourth-order valence-electron chi connectivity index (χ4n) is 1.39. The number of hydrogen-bond donors (Lipinski definition) is 0. The van der Waals surface area contributed by atoms with Crippen LogP contribution in [0.3, 0.4) is 0 Å². The highest BCUT2D eigenvalue weighted by Gasteiger charge is 1.91. The molecule has 0 saturated carbocycles. The number of nitrogens with zero attached hydrogens (tertiary/aromatic N) is 1. The third-order valence-electron chi connectivity index (χ3n) is 2.30. The van der Waals surface area contributed by atoms with Crippen molar-refractivity contribution in [3.05, 3.63) is 65.7 Å². The lowest BCUT2D eigenvalue weighted by Gasteiger charge is -1.97. The van der Waals surface area contributed by atoms with Gasteiger partial charge in [-0.05, 0) is 30.2 Å². The molecular weight excluding hydrogens is 182 g/mol. The third-order valence-corrected chi connectivity index (χ3v) is 2.30. The van der Waals surface area contributed by atoms with Crippen LogP contribution in [-0.4, -0.2) is 6.21 Å². The van der Waals surface area contributed by atoms with Crippen molar-refractivity contribution in [1.29, 1.82) is 0 Å². The Morgan fingerprint density at radius 1 is 0.867 bits per heavy atom. The second kappa shape index (κ2) is 4.56. The van der Waals surface area contributed by atoms with Crippen molar-refractivity contribution in [2.75, 3.05) is 0 Å². The van der Waals surface area contributed by atoms with E-state index in [1.165, 1.54) is 11.1 Å². The highest BCUT2D eigenvalue weighted by atomic mass is 14.7. The van der Waals surface area contributed by atoms with E-state index in [1.54, 1.807) is 0 Å². The van der Waals surface area contributed by atoms with Crippen LogP contribution in [0.25, 0.3) is 0 Å². The molecule has 0 heterocycles. The summed E-state index contributed by atoms with van der Waals surface area (Å²) < 4.78 is 0. The van der Waals surface area contributed by atoms with E-state index < -0.39 is 0 Å². The maximum atomic E-state index is 4.41. The minimum Gasteiger partial charge on any atom is -0.256 e. The second-order valence-electron chi connectivity index (χ2n) is 3.45. The van der Waals surface area contributed by atoms with E-state index in [0.29, 0.717) is 0 Å². The molecule has 0 radical (unpaired) electrons. The van der Waals surface area contributed by atoms with Crippen molar-refractivity contribution in [1.82, 2.24) is 0 Å². The minimum atomic E-state index is 0.987. The van der Waals surface area contributed by atoms with Gasteiger partial charge in [0.05, 0.1) is 5.69 Å². The van der Waals surface area contributed by atoms with Crippen LogP contribution in [-0.2, 0) is 0 Å². The first-order valence-electron chi connectivity index (χ1n) is 5.01. The molecule has 1 nitrogen and oxygen atoms in total. The Bertz CT molecular complexity index is 458. The van der Waals surface area contributed by atoms with E-state index in [4.69, 9.17) is 0 Å². The van der Waals surface area contributed by atoms with Gasteiger partial charge in [-0.2, -0.15) is 0 Å². The average Bonchev–Trinajstić information content (AvgIpc) is 2.29. The first-order chi connectivity index (χ1) is 7.36.